The highest BCUT2D eigenvalue weighted by Gasteiger charge is 2.42. The van der Waals surface area contributed by atoms with Crippen molar-refractivity contribution in [3.63, 3.8) is 0 Å². The van der Waals surface area contributed by atoms with Crippen molar-refractivity contribution in [2.24, 2.45) is 0 Å². The molecule has 0 saturated carbocycles. The van der Waals surface area contributed by atoms with E-state index in [-0.39, 0.29) is 17.9 Å². The molecule has 0 saturated heterocycles. The number of benzene rings is 2. The van der Waals surface area contributed by atoms with Crippen molar-refractivity contribution in [3.05, 3.63) is 87.6 Å². The average molecular weight is 407 g/mol. The van der Waals surface area contributed by atoms with E-state index in [4.69, 9.17) is 4.74 Å². The lowest BCUT2D eigenvalue weighted by atomic mass is 9.81. The zero-order valence-electron chi connectivity index (χ0n) is 16.3. The highest BCUT2D eigenvalue weighted by molar-refractivity contribution is 7.10. The molecule has 2 aromatic carbocycles. The Balaban J connectivity index is 1.64. The number of likely N-dealkylation sites (N-methyl/N-ethyl adjacent to an activating group) is 1. The minimum atomic E-state index is -0.467. The lowest BCUT2D eigenvalue weighted by Gasteiger charge is -2.39. The van der Waals surface area contributed by atoms with Crippen LogP contribution in [0.1, 0.15) is 38.3 Å². The van der Waals surface area contributed by atoms with Crippen molar-refractivity contribution in [2.75, 3.05) is 14.2 Å². The van der Waals surface area contributed by atoms with Crippen LogP contribution in [0.2, 0.25) is 0 Å². The second-order valence-corrected chi connectivity index (χ2v) is 7.99. The zero-order valence-corrected chi connectivity index (χ0v) is 17.1. The van der Waals surface area contributed by atoms with Crippen LogP contribution in [-0.4, -0.2) is 30.9 Å². The molecule has 148 valence electrons. The Morgan fingerprint density at radius 2 is 1.86 bits per heavy atom. The fourth-order valence-corrected chi connectivity index (χ4v) is 4.72. The third-order valence-corrected chi connectivity index (χ3v) is 6.27. The standard InChI is InChI=1S/C23H22N2O3S/c1-25-21(19-8-5-13-29-19)20(17-6-3-4-7-18(17)23(25)27)22(26)24-14-15-9-11-16(28-2)12-10-15/h3-13,20-21H,14H2,1-2H3,(H,24,26)/t20-,21-/m0/s1. The van der Waals surface area contributed by atoms with Gasteiger partial charge in [0.15, 0.2) is 0 Å². The lowest BCUT2D eigenvalue weighted by Crippen LogP contribution is -2.45. The molecule has 0 radical (unpaired) electrons. The summed E-state index contributed by atoms with van der Waals surface area (Å²) in [6.07, 6.45) is 0. The van der Waals surface area contributed by atoms with E-state index in [1.54, 1.807) is 36.5 Å². The van der Waals surface area contributed by atoms with E-state index in [0.717, 1.165) is 21.8 Å². The molecule has 1 aromatic heterocycles. The summed E-state index contributed by atoms with van der Waals surface area (Å²) >= 11 is 1.56. The van der Waals surface area contributed by atoms with Crippen molar-refractivity contribution in [1.82, 2.24) is 10.2 Å². The number of rotatable bonds is 5. The predicted molar refractivity (Wildman–Crippen MR) is 113 cm³/mol. The number of carbonyl (C=O) groups is 2. The van der Waals surface area contributed by atoms with Gasteiger partial charge in [-0.05, 0) is 40.8 Å². The SMILES string of the molecule is COc1ccc(CNC(=O)[C@H]2c3ccccc3C(=O)N(C)[C@H]2c2cccs2)cc1. The third kappa shape index (κ3) is 3.63. The molecule has 0 bridgehead atoms. The first-order valence-corrected chi connectivity index (χ1v) is 10.3. The van der Waals surface area contributed by atoms with E-state index < -0.39 is 5.92 Å². The molecular weight excluding hydrogens is 384 g/mol. The smallest absolute Gasteiger partial charge is 0.254 e. The van der Waals surface area contributed by atoms with E-state index >= 15 is 0 Å². The molecule has 4 rings (SSSR count). The number of amides is 2. The van der Waals surface area contributed by atoms with Crippen LogP contribution in [0.5, 0.6) is 5.75 Å². The third-order valence-electron chi connectivity index (χ3n) is 5.32. The number of fused-ring (bicyclic) bond motifs is 1. The Morgan fingerprint density at radius 1 is 1.10 bits per heavy atom. The number of hydrogen-bond donors (Lipinski definition) is 1. The summed E-state index contributed by atoms with van der Waals surface area (Å²) in [6.45, 7) is 0.413. The summed E-state index contributed by atoms with van der Waals surface area (Å²) in [4.78, 5) is 28.9. The number of carbonyl (C=O) groups excluding carboxylic acids is 2. The largest absolute Gasteiger partial charge is 0.497 e. The summed E-state index contributed by atoms with van der Waals surface area (Å²) in [5.74, 6) is 0.161. The second kappa shape index (κ2) is 8.09. The highest BCUT2D eigenvalue weighted by Crippen LogP contribution is 2.43. The Hall–Kier alpha value is -3.12. The molecule has 0 unspecified atom stereocenters. The number of thiophene rings is 1. The van der Waals surface area contributed by atoms with Gasteiger partial charge >= 0.3 is 0 Å². The molecule has 2 heterocycles. The molecule has 1 N–H and O–H groups in total. The van der Waals surface area contributed by atoms with E-state index in [0.29, 0.717) is 12.1 Å². The Kier molecular flexibility index (Phi) is 5.36. The first-order valence-electron chi connectivity index (χ1n) is 9.40. The van der Waals surface area contributed by atoms with E-state index in [1.165, 1.54) is 0 Å². The van der Waals surface area contributed by atoms with Gasteiger partial charge in [-0.25, -0.2) is 0 Å². The molecule has 29 heavy (non-hydrogen) atoms. The molecule has 1 aliphatic heterocycles. The van der Waals surface area contributed by atoms with Gasteiger partial charge in [-0.3, -0.25) is 9.59 Å². The van der Waals surface area contributed by atoms with Crippen molar-refractivity contribution >= 4 is 23.2 Å². The predicted octanol–water partition coefficient (Wildman–Crippen LogP) is 3.98. The summed E-state index contributed by atoms with van der Waals surface area (Å²) in [6, 6.07) is 18.6. The van der Waals surface area contributed by atoms with Crippen LogP contribution in [0.15, 0.2) is 66.0 Å². The van der Waals surface area contributed by atoms with Gasteiger partial charge in [0.1, 0.15) is 5.75 Å². The zero-order chi connectivity index (χ0) is 20.4. The van der Waals surface area contributed by atoms with Gasteiger partial charge in [-0.2, -0.15) is 0 Å². The molecule has 2 atom stereocenters. The average Bonchev–Trinajstić information content (AvgIpc) is 3.29. The first-order chi connectivity index (χ1) is 14.1. The van der Waals surface area contributed by atoms with Gasteiger partial charge in [0.2, 0.25) is 5.91 Å². The molecule has 0 fully saturated rings. The monoisotopic (exact) mass is 406 g/mol. The number of hydrogen-bond acceptors (Lipinski definition) is 4. The lowest BCUT2D eigenvalue weighted by molar-refractivity contribution is -0.124. The number of nitrogens with one attached hydrogen (secondary N) is 1. The summed E-state index contributed by atoms with van der Waals surface area (Å²) < 4.78 is 5.18. The van der Waals surface area contributed by atoms with E-state index in [9.17, 15) is 9.59 Å². The molecule has 6 heteroatoms. The fraction of sp³-hybridized carbons (Fsp3) is 0.217. The topological polar surface area (TPSA) is 58.6 Å². The maximum absolute atomic E-state index is 13.3. The maximum Gasteiger partial charge on any atom is 0.254 e. The van der Waals surface area contributed by atoms with E-state index in [2.05, 4.69) is 5.32 Å². The van der Waals surface area contributed by atoms with Gasteiger partial charge in [0.25, 0.3) is 5.91 Å². The Labute approximate surface area is 173 Å². The number of methoxy groups -OCH3 is 1. The molecule has 3 aromatic rings. The van der Waals surface area contributed by atoms with Gasteiger partial charge in [-0.1, -0.05) is 36.4 Å². The van der Waals surface area contributed by atoms with Crippen LogP contribution in [-0.2, 0) is 11.3 Å². The van der Waals surface area contributed by atoms with Crippen molar-refractivity contribution in [1.29, 1.82) is 0 Å². The van der Waals surface area contributed by atoms with Crippen LogP contribution in [0.25, 0.3) is 0 Å². The van der Waals surface area contributed by atoms with Crippen molar-refractivity contribution < 1.29 is 14.3 Å². The van der Waals surface area contributed by atoms with E-state index in [1.807, 2.05) is 60.0 Å². The van der Waals surface area contributed by atoms with Gasteiger partial charge in [0, 0.05) is 24.0 Å². The molecule has 0 aliphatic carbocycles. The summed E-state index contributed by atoms with van der Waals surface area (Å²) in [5, 5.41) is 5.03. The Bertz CT molecular complexity index is 1010. The van der Waals surface area contributed by atoms with Crippen molar-refractivity contribution in [2.45, 2.75) is 18.5 Å². The normalized spacial score (nSPS) is 18.3. The molecule has 1 aliphatic rings. The Morgan fingerprint density at radius 3 is 2.55 bits per heavy atom. The molecule has 0 spiro atoms. The molecule has 5 nitrogen and oxygen atoms in total. The van der Waals surface area contributed by atoms with Crippen LogP contribution in [0.4, 0.5) is 0 Å². The fourth-order valence-electron chi connectivity index (χ4n) is 3.81. The summed E-state index contributed by atoms with van der Waals surface area (Å²) in [7, 11) is 3.40. The first kappa shape index (κ1) is 19.2. The van der Waals surface area contributed by atoms with Crippen LogP contribution >= 0.6 is 11.3 Å². The molecule has 2 amide bonds. The van der Waals surface area contributed by atoms with Crippen LogP contribution in [0.3, 0.4) is 0 Å². The van der Waals surface area contributed by atoms with Gasteiger partial charge in [0.05, 0.1) is 19.1 Å². The number of ether oxygens (including phenoxy) is 1. The van der Waals surface area contributed by atoms with Crippen LogP contribution in [0, 0.1) is 0 Å². The minimum absolute atomic E-state index is 0.0572. The van der Waals surface area contributed by atoms with Gasteiger partial charge in [-0.15, -0.1) is 11.3 Å². The maximum atomic E-state index is 13.3. The van der Waals surface area contributed by atoms with Gasteiger partial charge < -0.3 is 15.0 Å². The number of nitrogens with zero attached hydrogens (tertiary/aromatic N) is 1. The second-order valence-electron chi connectivity index (χ2n) is 7.01. The molecular formula is C23H22N2O3S. The van der Waals surface area contributed by atoms with Crippen LogP contribution < -0.4 is 10.1 Å². The highest BCUT2D eigenvalue weighted by atomic mass is 32.1. The van der Waals surface area contributed by atoms with Crippen molar-refractivity contribution in [3.8, 4) is 5.75 Å². The summed E-state index contributed by atoms with van der Waals surface area (Å²) in [5.41, 5.74) is 2.36. The quantitative estimate of drug-likeness (QED) is 0.697. The minimum Gasteiger partial charge on any atom is -0.497 e.